The summed E-state index contributed by atoms with van der Waals surface area (Å²) in [6.45, 7) is 0. The molecule has 21 heavy (non-hydrogen) atoms. The molecule has 0 amide bonds. The van der Waals surface area contributed by atoms with Gasteiger partial charge in [0.05, 0.1) is 17.8 Å². The third kappa shape index (κ3) is 3.28. The minimum Gasteiger partial charge on any atom is -0.271 e. The number of nitrogens with one attached hydrogen (secondary N) is 1. The summed E-state index contributed by atoms with van der Waals surface area (Å²) < 4.78 is 2.11. The molecule has 2 aromatic rings. The maximum atomic E-state index is 6.25. The molecular formula is C16H21ClN4. The van der Waals surface area contributed by atoms with Crippen molar-refractivity contribution >= 4 is 11.6 Å². The number of nitrogens with zero attached hydrogens (tertiary/aromatic N) is 2. The molecule has 1 aromatic carbocycles. The molecule has 1 heterocycles. The van der Waals surface area contributed by atoms with Crippen LogP contribution in [0.3, 0.4) is 0 Å². The molecule has 1 fully saturated rings. The topological polar surface area (TPSA) is 55.9 Å². The van der Waals surface area contributed by atoms with E-state index in [-0.39, 0.29) is 6.04 Å². The molecule has 3 N–H and O–H groups in total. The van der Waals surface area contributed by atoms with Crippen molar-refractivity contribution in [2.45, 2.75) is 44.2 Å². The van der Waals surface area contributed by atoms with E-state index < -0.39 is 0 Å². The summed E-state index contributed by atoms with van der Waals surface area (Å²) in [5.41, 5.74) is 4.91. The number of benzene rings is 1. The normalized spacial score (nSPS) is 17.2. The summed E-state index contributed by atoms with van der Waals surface area (Å²) in [7, 11) is 0. The van der Waals surface area contributed by atoms with E-state index in [1.807, 2.05) is 24.3 Å². The molecule has 0 bridgehead atoms. The van der Waals surface area contributed by atoms with Crippen LogP contribution in [0.2, 0.25) is 5.02 Å². The minimum atomic E-state index is -0.0226. The largest absolute Gasteiger partial charge is 0.271 e. The van der Waals surface area contributed by atoms with E-state index in [1.54, 1.807) is 0 Å². The lowest BCUT2D eigenvalue weighted by molar-refractivity contribution is 0.457. The van der Waals surface area contributed by atoms with Crippen LogP contribution in [0.1, 0.15) is 49.0 Å². The van der Waals surface area contributed by atoms with Gasteiger partial charge in [-0.05, 0) is 30.5 Å². The molecule has 3 rings (SSSR count). The number of rotatable bonds is 5. The highest BCUT2D eigenvalue weighted by molar-refractivity contribution is 6.31. The van der Waals surface area contributed by atoms with Gasteiger partial charge >= 0.3 is 0 Å². The van der Waals surface area contributed by atoms with Gasteiger partial charge in [-0.1, -0.05) is 42.6 Å². The molecule has 112 valence electrons. The number of hydrogen-bond donors (Lipinski definition) is 2. The van der Waals surface area contributed by atoms with Crippen molar-refractivity contribution in [3.05, 3.63) is 52.8 Å². The molecule has 0 spiro atoms. The zero-order chi connectivity index (χ0) is 14.7. The molecule has 1 aliphatic carbocycles. The zero-order valence-electron chi connectivity index (χ0n) is 12.0. The maximum absolute atomic E-state index is 6.25. The Balaban J connectivity index is 1.74. The van der Waals surface area contributed by atoms with Crippen LogP contribution >= 0.6 is 11.6 Å². The Morgan fingerprint density at radius 3 is 2.76 bits per heavy atom. The van der Waals surface area contributed by atoms with E-state index >= 15 is 0 Å². The number of nitrogens with two attached hydrogens (primary N) is 1. The molecule has 0 aliphatic heterocycles. The van der Waals surface area contributed by atoms with Crippen molar-refractivity contribution in [3.63, 3.8) is 0 Å². The van der Waals surface area contributed by atoms with Gasteiger partial charge in [0.25, 0.3) is 0 Å². The zero-order valence-corrected chi connectivity index (χ0v) is 12.8. The number of hydrazine groups is 1. The molecule has 1 unspecified atom stereocenters. The van der Waals surface area contributed by atoms with Gasteiger partial charge in [0, 0.05) is 17.6 Å². The van der Waals surface area contributed by atoms with Crippen molar-refractivity contribution in [3.8, 4) is 0 Å². The molecule has 1 saturated carbocycles. The summed E-state index contributed by atoms with van der Waals surface area (Å²) in [5.74, 6) is 5.71. The smallest absolute Gasteiger partial charge is 0.0644 e. The van der Waals surface area contributed by atoms with Gasteiger partial charge in [-0.25, -0.2) is 0 Å². The first kappa shape index (κ1) is 14.6. The SMILES string of the molecule is NNC(Cc1ccn(C2CCCC2)n1)c1ccccc1Cl. The lowest BCUT2D eigenvalue weighted by Crippen LogP contribution is -2.30. The molecule has 1 aliphatic rings. The van der Waals surface area contributed by atoms with Gasteiger partial charge in [0.15, 0.2) is 0 Å². The Labute approximate surface area is 130 Å². The summed E-state index contributed by atoms with van der Waals surface area (Å²) in [6, 6.07) is 10.4. The van der Waals surface area contributed by atoms with E-state index in [2.05, 4.69) is 22.4 Å². The van der Waals surface area contributed by atoms with Crippen molar-refractivity contribution in [2.75, 3.05) is 0 Å². The molecule has 0 radical (unpaired) electrons. The van der Waals surface area contributed by atoms with E-state index in [0.717, 1.165) is 22.7 Å². The molecule has 5 heteroatoms. The fraction of sp³-hybridized carbons (Fsp3) is 0.438. The predicted octanol–water partition coefficient (Wildman–Crippen LogP) is 3.40. The molecule has 1 atom stereocenters. The Hall–Kier alpha value is -1.36. The van der Waals surface area contributed by atoms with Gasteiger partial charge < -0.3 is 0 Å². The third-order valence-electron chi connectivity index (χ3n) is 4.26. The van der Waals surface area contributed by atoms with Crippen LogP contribution < -0.4 is 11.3 Å². The Morgan fingerprint density at radius 1 is 1.29 bits per heavy atom. The van der Waals surface area contributed by atoms with Crippen LogP contribution in [0.15, 0.2) is 36.5 Å². The summed E-state index contributed by atoms with van der Waals surface area (Å²) >= 11 is 6.25. The molecule has 1 aromatic heterocycles. The second-order valence-corrected chi connectivity index (χ2v) is 6.08. The Kier molecular flexibility index (Phi) is 4.58. The van der Waals surface area contributed by atoms with Crippen molar-refractivity contribution < 1.29 is 0 Å². The first-order valence-corrected chi connectivity index (χ1v) is 7.90. The van der Waals surface area contributed by atoms with Crippen LogP contribution in [-0.4, -0.2) is 9.78 Å². The lowest BCUT2D eigenvalue weighted by atomic mass is 10.0. The van der Waals surface area contributed by atoms with E-state index in [9.17, 15) is 0 Å². The fourth-order valence-corrected chi connectivity index (χ4v) is 3.35. The van der Waals surface area contributed by atoms with Crippen molar-refractivity contribution in [1.29, 1.82) is 0 Å². The van der Waals surface area contributed by atoms with E-state index in [4.69, 9.17) is 22.5 Å². The number of halogens is 1. The highest BCUT2D eigenvalue weighted by atomic mass is 35.5. The second kappa shape index (κ2) is 6.60. The fourth-order valence-electron chi connectivity index (χ4n) is 3.08. The minimum absolute atomic E-state index is 0.0226. The lowest BCUT2D eigenvalue weighted by Gasteiger charge is -2.16. The average Bonchev–Trinajstić information content (AvgIpc) is 3.16. The van der Waals surface area contributed by atoms with Crippen molar-refractivity contribution in [1.82, 2.24) is 15.2 Å². The highest BCUT2D eigenvalue weighted by Crippen LogP contribution is 2.29. The number of hydrogen-bond acceptors (Lipinski definition) is 3. The van der Waals surface area contributed by atoms with Crippen LogP contribution in [0, 0.1) is 0 Å². The first-order chi connectivity index (χ1) is 10.3. The van der Waals surface area contributed by atoms with E-state index in [0.29, 0.717) is 6.04 Å². The van der Waals surface area contributed by atoms with Crippen LogP contribution in [-0.2, 0) is 6.42 Å². The van der Waals surface area contributed by atoms with Crippen LogP contribution in [0.4, 0.5) is 0 Å². The Morgan fingerprint density at radius 2 is 2.05 bits per heavy atom. The first-order valence-electron chi connectivity index (χ1n) is 7.52. The standard InChI is InChI=1S/C16H21ClN4/c17-15-8-4-3-7-14(15)16(19-18)11-12-9-10-21(20-12)13-5-1-2-6-13/h3-4,7-10,13,16,19H,1-2,5-6,11,18H2. The number of aromatic nitrogens is 2. The maximum Gasteiger partial charge on any atom is 0.0644 e. The molecule has 4 nitrogen and oxygen atoms in total. The highest BCUT2D eigenvalue weighted by Gasteiger charge is 2.19. The van der Waals surface area contributed by atoms with Gasteiger partial charge in [0.1, 0.15) is 0 Å². The van der Waals surface area contributed by atoms with Crippen LogP contribution in [0.25, 0.3) is 0 Å². The van der Waals surface area contributed by atoms with Gasteiger partial charge in [-0.2, -0.15) is 5.10 Å². The van der Waals surface area contributed by atoms with Gasteiger partial charge in [-0.3, -0.25) is 16.0 Å². The van der Waals surface area contributed by atoms with Gasteiger partial charge in [0.2, 0.25) is 0 Å². The summed E-state index contributed by atoms with van der Waals surface area (Å²) in [4.78, 5) is 0. The third-order valence-corrected chi connectivity index (χ3v) is 4.60. The van der Waals surface area contributed by atoms with E-state index in [1.165, 1.54) is 25.7 Å². The summed E-state index contributed by atoms with van der Waals surface area (Å²) in [5, 5.41) is 5.45. The quantitative estimate of drug-likeness (QED) is 0.657. The summed E-state index contributed by atoms with van der Waals surface area (Å²) in [6.07, 6.45) is 7.93. The Bertz CT molecular complexity index is 589. The monoisotopic (exact) mass is 304 g/mol. The second-order valence-electron chi connectivity index (χ2n) is 5.67. The average molecular weight is 305 g/mol. The van der Waals surface area contributed by atoms with Crippen molar-refractivity contribution in [2.24, 2.45) is 5.84 Å². The molecular weight excluding hydrogens is 284 g/mol. The van der Waals surface area contributed by atoms with Crippen LogP contribution in [0.5, 0.6) is 0 Å². The van der Waals surface area contributed by atoms with Gasteiger partial charge in [-0.15, -0.1) is 0 Å². The molecule has 0 saturated heterocycles. The predicted molar refractivity (Wildman–Crippen MR) is 85.0 cm³/mol.